The molecule has 3 aromatic rings. The molecule has 3 nitrogen and oxygen atoms in total. The topological polar surface area (TPSA) is 42.3 Å². The zero-order valence-corrected chi connectivity index (χ0v) is 16.4. The second-order valence-electron chi connectivity index (χ2n) is 5.25. The first kappa shape index (κ1) is 17.1. The summed E-state index contributed by atoms with van der Waals surface area (Å²) in [7, 11) is 0. The number of nitrogens with zero attached hydrogens (tertiary/aromatic N) is 2. The fourth-order valence-corrected chi connectivity index (χ4v) is 2.92. The van der Waals surface area contributed by atoms with Gasteiger partial charge in [-0.25, -0.2) is 0 Å². The number of hydrogen-bond donors (Lipinski definition) is 0. The van der Waals surface area contributed by atoms with Crippen LogP contribution < -0.4 is 0 Å². The van der Waals surface area contributed by atoms with Crippen molar-refractivity contribution in [2.75, 3.05) is 0 Å². The van der Waals surface area contributed by atoms with Gasteiger partial charge >= 0.3 is 157 Å². The second kappa shape index (κ2) is 7.00. The maximum atomic E-state index is 14.2. The molecule has 116 valence electrons. The SMILES string of the molecule is Cc1cnc(-c2ccccc2F)c2cc(C(=O)N=C([As])[As])ccc12. The average Bonchev–Trinajstić information content (AvgIpc) is 2.55. The summed E-state index contributed by atoms with van der Waals surface area (Å²) in [5, 5.41) is 1.67. The monoisotopic (exact) mass is 440 g/mol. The zero-order chi connectivity index (χ0) is 17.3. The maximum absolute atomic E-state index is 14.2. The van der Waals surface area contributed by atoms with Crippen molar-refractivity contribution in [3.8, 4) is 11.3 Å². The van der Waals surface area contributed by atoms with Gasteiger partial charge in [0.25, 0.3) is 0 Å². The molecule has 6 heteroatoms. The predicted molar refractivity (Wildman–Crippen MR) is 95.1 cm³/mol. The molecule has 0 fully saturated rings. The van der Waals surface area contributed by atoms with Crippen molar-refractivity contribution in [3.05, 3.63) is 65.6 Å². The Bertz CT molecular complexity index is 982. The number of rotatable bonds is 2. The van der Waals surface area contributed by atoms with Gasteiger partial charge in [0.2, 0.25) is 0 Å². The number of aryl methyl sites for hydroxylation is 1. The number of hydrogen-bond acceptors (Lipinski definition) is 2. The van der Waals surface area contributed by atoms with E-state index in [9.17, 15) is 9.18 Å². The molecule has 1 amide bonds. The third-order valence-electron chi connectivity index (χ3n) is 3.66. The van der Waals surface area contributed by atoms with Crippen LogP contribution in [0.2, 0.25) is 0 Å². The van der Waals surface area contributed by atoms with Crippen molar-refractivity contribution in [2.45, 2.75) is 6.92 Å². The van der Waals surface area contributed by atoms with Gasteiger partial charge in [0.05, 0.1) is 0 Å². The van der Waals surface area contributed by atoms with Gasteiger partial charge in [-0.05, 0) is 0 Å². The van der Waals surface area contributed by atoms with Crippen LogP contribution in [-0.2, 0) is 0 Å². The summed E-state index contributed by atoms with van der Waals surface area (Å²) in [6.07, 6.45) is 1.72. The van der Waals surface area contributed by atoms with Gasteiger partial charge in [-0.2, -0.15) is 0 Å². The Morgan fingerprint density at radius 2 is 1.88 bits per heavy atom. The van der Waals surface area contributed by atoms with E-state index in [-0.39, 0.29) is 11.7 Å². The van der Waals surface area contributed by atoms with Crippen molar-refractivity contribution in [1.29, 1.82) is 0 Å². The Kier molecular flexibility index (Phi) is 4.98. The van der Waals surface area contributed by atoms with Crippen LogP contribution in [0, 0.1) is 12.7 Å². The Hall–Kier alpha value is -1.76. The first-order valence-electron chi connectivity index (χ1n) is 7.12. The number of halogens is 1. The van der Waals surface area contributed by atoms with Crippen LogP contribution in [0.4, 0.5) is 4.39 Å². The molecule has 0 aliphatic rings. The summed E-state index contributed by atoms with van der Waals surface area (Å²) in [5.74, 6) is -0.682. The molecule has 0 spiro atoms. The molecule has 24 heavy (non-hydrogen) atoms. The van der Waals surface area contributed by atoms with Gasteiger partial charge in [-0.3, -0.25) is 0 Å². The molecule has 0 bridgehead atoms. The van der Waals surface area contributed by atoms with E-state index in [1.54, 1.807) is 36.5 Å². The summed E-state index contributed by atoms with van der Waals surface area (Å²) < 4.78 is 14.8. The van der Waals surface area contributed by atoms with Crippen molar-refractivity contribution < 1.29 is 9.18 Å². The molecule has 4 radical (unpaired) electrons. The fourth-order valence-electron chi connectivity index (χ4n) is 2.54. The summed E-state index contributed by atoms with van der Waals surface area (Å²) in [6.45, 7) is 1.94. The normalized spacial score (nSPS) is 10.7. The van der Waals surface area contributed by atoms with E-state index in [1.165, 1.54) is 6.07 Å². The molecule has 0 unspecified atom stereocenters. The molecule has 3 rings (SSSR count). The molecular formula is C18H11As2FN2O. The Morgan fingerprint density at radius 3 is 2.58 bits per heavy atom. The number of aliphatic imine (C=N–C) groups is 1. The third-order valence-corrected chi connectivity index (χ3v) is 4.08. The number of carbonyl (C=O) groups excluding carboxylic acids is 1. The number of pyridine rings is 1. The molecule has 0 saturated carbocycles. The van der Waals surface area contributed by atoms with E-state index >= 15 is 0 Å². The summed E-state index contributed by atoms with van der Waals surface area (Å²) in [6, 6.07) is 11.8. The minimum atomic E-state index is -0.344. The molecule has 0 saturated heterocycles. The van der Waals surface area contributed by atoms with E-state index in [1.807, 2.05) is 13.0 Å². The Morgan fingerprint density at radius 1 is 1.12 bits per heavy atom. The predicted octanol–water partition coefficient (Wildman–Crippen LogP) is 3.18. The molecule has 1 heterocycles. The molecular weight excluding hydrogens is 429 g/mol. The number of aromatic nitrogens is 1. The summed E-state index contributed by atoms with van der Waals surface area (Å²) in [4.78, 5) is 20.5. The van der Waals surface area contributed by atoms with Gasteiger partial charge in [-0.15, -0.1) is 0 Å². The number of amides is 1. The minimum absolute atomic E-state index is 0.339. The third kappa shape index (κ3) is 3.36. The van der Waals surface area contributed by atoms with Gasteiger partial charge in [0.1, 0.15) is 0 Å². The van der Waals surface area contributed by atoms with E-state index in [4.69, 9.17) is 0 Å². The van der Waals surface area contributed by atoms with E-state index in [0.29, 0.717) is 20.1 Å². The molecule has 0 N–H and O–H groups in total. The second-order valence-corrected chi connectivity index (χ2v) is 8.69. The first-order valence-corrected chi connectivity index (χ1v) is 9.00. The standard InChI is InChI=1S/C18H11As2FN2O/c1-10-9-22-16(13-4-2-3-5-15(13)21)14-8-11(6-7-12(10)14)17(24)23-18(19)20/h2-9H,1H3. The van der Waals surface area contributed by atoms with E-state index in [0.717, 1.165) is 16.3 Å². The van der Waals surface area contributed by atoms with Crippen LogP contribution in [0.15, 0.2) is 53.7 Å². The fraction of sp³-hybridized carbons (Fsp3) is 0.0556. The number of fused-ring (bicyclic) bond motifs is 1. The van der Waals surface area contributed by atoms with Gasteiger partial charge in [0, 0.05) is 0 Å². The van der Waals surface area contributed by atoms with Crippen LogP contribution in [0.25, 0.3) is 22.0 Å². The van der Waals surface area contributed by atoms with Crippen molar-refractivity contribution in [2.24, 2.45) is 4.99 Å². The molecule has 1 aromatic heterocycles. The number of carbonyl (C=O) groups is 1. The van der Waals surface area contributed by atoms with Crippen LogP contribution in [0.3, 0.4) is 0 Å². The van der Waals surface area contributed by atoms with Crippen LogP contribution >= 0.6 is 0 Å². The molecule has 0 aliphatic carbocycles. The van der Waals surface area contributed by atoms with E-state index in [2.05, 4.69) is 43.7 Å². The summed E-state index contributed by atoms with van der Waals surface area (Å²) in [5.41, 5.74) is 2.34. The Labute approximate surface area is 156 Å². The number of benzene rings is 2. The molecule has 2 aromatic carbocycles. The van der Waals surface area contributed by atoms with Gasteiger partial charge in [0.15, 0.2) is 0 Å². The molecule has 0 atom stereocenters. The van der Waals surface area contributed by atoms with Crippen molar-refractivity contribution in [1.82, 2.24) is 4.98 Å². The Balaban J connectivity index is 2.27. The van der Waals surface area contributed by atoms with Gasteiger partial charge in [-0.1, -0.05) is 0 Å². The zero-order valence-electron chi connectivity index (χ0n) is 12.7. The average molecular weight is 440 g/mol. The van der Waals surface area contributed by atoms with Crippen LogP contribution in [-0.4, -0.2) is 47.9 Å². The van der Waals surface area contributed by atoms with Crippen molar-refractivity contribution >= 4 is 53.7 Å². The molecule has 0 aliphatic heterocycles. The quantitative estimate of drug-likeness (QED) is 0.454. The van der Waals surface area contributed by atoms with Crippen LogP contribution in [0.1, 0.15) is 15.9 Å². The van der Waals surface area contributed by atoms with Crippen LogP contribution in [0.5, 0.6) is 0 Å². The van der Waals surface area contributed by atoms with Gasteiger partial charge < -0.3 is 0 Å². The first-order chi connectivity index (χ1) is 11.5. The summed E-state index contributed by atoms with van der Waals surface area (Å²) >= 11 is 4.42. The van der Waals surface area contributed by atoms with E-state index < -0.39 is 0 Å². The van der Waals surface area contributed by atoms with Crippen molar-refractivity contribution in [3.63, 3.8) is 0 Å².